The highest BCUT2D eigenvalue weighted by Crippen LogP contribution is 2.16. The molecule has 0 saturated carbocycles. The summed E-state index contributed by atoms with van der Waals surface area (Å²) in [7, 11) is 0. The van der Waals surface area contributed by atoms with Crippen LogP contribution in [0.5, 0.6) is 0 Å². The van der Waals surface area contributed by atoms with E-state index in [0.29, 0.717) is 16.9 Å². The first-order chi connectivity index (χ1) is 7.70. The Hall–Kier alpha value is -1.35. The van der Waals surface area contributed by atoms with Crippen LogP contribution in [0.3, 0.4) is 0 Å². The predicted octanol–water partition coefficient (Wildman–Crippen LogP) is 0.883. The smallest absolute Gasteiger partial charge is 0.161 e. The van der Waals surface area contributed by atoms with Crippen LogP contribution in [0.15, 0.2) is 12.1 Å². The lowest BCUT2D eigenvalue weighted by Gasteiger charge is -2.16. The molecule has 84 valence electrons. The molecule has 0 aliphatic carbocycles. The first kappa shape index (κ1) is 11.1. The summed E-state index contributed by atoms with van der Waals surface area (Å²) < 4.78 is 0. The van der Waals surface area contributed by atoms with Gasteiger partial charge in [0.05, 0.1) is 11.1 Å². The average molecular weight is 238 g/mol. The average Bonchev–Trinajstić information content (AvgIpc) is 2.67. The van der Waals surface area contributed by atoms with Gasteiger partial charge in [0.1, 0.15) is 11.9 Å². The number of hydrazine groups is 1. The molecule has 0 amide bonds. The SMILES string of the molecule is CC1NNCC1Nc1ccc(Cl)c(C#N)n1. The Morgan fingerprint density at radius 3 is 3.06 bits per heavy atom. The molecule has 0 radical (unpaired) electrons. The standard InChI is InChI=1S/C10H12ClN5/c1-6-9(5-13-16-6)15-10-3-2-7(11)8(4-12)14-10/h2-3,6,9,13,16H,5H2,1H3,(H,14,15). The van der Waals surface area contributed by atoms with E-state index in [9.17, 15) is 0 Å². The summed E-state index contributed by atoms with van der Waals surface area (Å²) in [4.78, 5) is 4.13. The lowest BCUT2D eigenvalue weighted by Crippen LogP contribution is -2.34. The van der Waals surface area contributed by atoms with Gasteiger partial charge in [-0.1, -0.05) is 11.6 Å². The highest BCUT2D eigenvalue weighted by molar-refractivity contribution is 6.31. The molecule has 0 aromatic carbocycles. The molecule has 6 heteroatoms. The largest absolute Gasteiger partial charge is 0.364 e. The van der Waals surface area contributed by atoms with Crippen molar-refractivity contribution in [1.29, 1.82) is 5.26 Å². The summed E-state index contributed by atoms with van der Waals surface area (Å²) in [5.74, 6) is 0.670. The van der Waals surface area contributed by atoms with E-state index < -0.39 is 0 Å². The van der Waals surface area contributed by atoms with Crippen molar-refractivity contribution in [2.24, 2.45) is 0 Å². The summed E-state index contributed by atoms with van der Waals surface area (Å²) in [6.45, 7) is 2.88. The van der Waals surface area contributed by atoms with E-state index in [0.717, 1.165) is 6.54 Å². The minimum Gasteiger partial charge on any atom is -0.364 e. The zero-order chi connectivity index (χ0) is 11.5. The zero-order valence-corrected chi connectivity index (χ0v) is 9.54. The quantitative estimate of drug-likeness (QED) is 0.712. The van der Waals surface area contributed by atoms with Crippen molar-refractivity contribution in [3.63, 3.8) is 0 Å². The van der Waals surface area contributed by atoms with Crippen LogP contribution in [0.1, 0.15) is 12.6 Å². The fraction of sp³-hybridized carbons (Fsp3) is 0.400. The maximum atomic E-state index is 8.81. The lowest BCUT2D eigenvalue weighted by molar-refractivity contribution is 0.578. The molecule has 0 bridgehead atoms. The number of hydrogen-bond acceptors (Lipinski definition) is 5. The fourth-order valence-electron chi connectivity index (χ4n) is 1.57. The number of nitriles is 1. The third kappa shape index (κ3) is 2.25. The number of anilines is 1. The molecular weight excluding hydrogens is 226 g/mol. The van der Waals surface area contributed by atoms with Crippen LogP contribution in [-0.4, -0.2) is 23.6 Å². The Balaban J connectivity index is 2.13. The number of pyridine rings is 1. The topological polar surface area (TPSA) is 72.8 Å². The van der Waals surface area contributed by atoms with Gasteiger partial charge < -0.3 is 5.32 Å². The van der Waals surface area contributed by atoms with Crippen LogP contribution >= 0.6 is 11.6 Å². The summed E-state index contributed by atoms with van der Waals surface area (Å²) in [6, 6.07) is 5.96. The van der Waals surface area contributed by atoms with E-state index >= 15 is 0 Å². The van der Waals surface area contributed by atoms with E-state index in [1.54, 1.807) is 12.1 Å². The third-order valence-electron chi connectivity index (χ3n) is 2.54. The van der Waals surface area contributed by atoms with E-state index in [1.807, 2.05) is 6.07 Å². The number of aromatic nitrogens is 1. The number of rotatable bonds is 2. The summed E-state index contributed by atoms with van der Waals surface area (Å²) in [5, 5.41) is 12.4. The zero-order valence-electron chi connectivity index (χ0n) is 8.79. The molecule has 5 nitrogen and oxygen atoms in total. The van der Waals surface area contributed by atoms with Crippen LogP contribution in [0.4, 0.5) is 5.82 Å². The first-order valence-electron chi connectivity index (χ1n) is 5.02. The minimum absolute atomic E-state index is 0.248. The Morgan fingerprint density at radius 2 is 2.44 bits per heavy atom. The second kappa shape index (κ2) is 4.66. The van der Waals surface area contributed by atoms with Crippen LogP contribution in [-0.2, 0) is 0 Å². The number of nitrogens with one attached hydrogen (secondary N) is 3. The van der Waals surface area contributed by atoms with Crippen molar-refractivity contribution in [3.05, 3.63) is 22.8 Å². The van der Waals surface area contributed by atoms with Crippen LogP contribution in [0.25, 0.3) is 0 Å². The van der Waals surface area contributed by atoms with Crippen molar-refractivity contribution in [3.8, 4) is 6.07 Å². The van der Waals surface area contributed by atoms with Crippen molar-refractivity contribution in [2.45, 2.75) is 19.0 Å². The molecule has 1 aromatic heterocycles. The number of halogens is 1. The van der Waals surface area contributed by atoms with E-state index in [1.165, 1.54) is 0 Å². The van der Waals surface area contributed by atoms with Crippen molar-refractivity contribution >= 4 is 17.4 Å². The first-order valence-corrected chi connectivity index (χ1v) is 5.40. The van der Waals surface area contributed by atoms with Gasteiger partial charge in [0.15, 0.2) is 5.69 Å². The van der Waals surface area contributed by atoms with E-state index in [-0.39, 0.29) is 11.7 Å². The van der Waals surface area contributed by atoms with Gasteiger partial charge in [-0.3, -0.25) is 10.9 Å². The predicted molar refractivity (Wildman–Crippen MR) is 62.0 cm³/mol. The molecular formula is C10H12ClN5. The molecule has 0 spiro atoms. The maximum absolute atomic E-state index is 8.81. The van der Waals surface area contributed by atoms with Crippen LogP contribution in [0, 0.1) is 11.3 Å². The molecule has 2 heterocycles. The molecule has 1 fully saturated rings. The molecule has 16 heavy (non-hydrogen) atoms. The van der Waals surface area contributed by atoms with E-state index in [2.05, 4.69) is 28.1 Å². The van der Waals surface area contributed by atoms with Gasteiger partial charge in [-0.2, -0.15) is 5.26 Å². The Kier molecular flexibility index (Phi) is 3.25. The Labute approximate surface area is 98.8 Å². The second-order valence-corrected chi connectivity index (χ2v) is 4.11. The van der Waals surface area contributed by atoms with E-state index in [4.69, 9.17) is 16.9 Å². The van der Waals surface area contributed by atoms with Gasteiger partial charge in [-0.15, -0.1) is 0 Å². The molecule has 1 aliphatic rings. The fourth-order valence-corrected chi connectivity index (χ4v) is 1.72. The molecule has 2 rings (SSSR count). The number of hydrogen-bond donors (Lipinski definition) is 3. The van der Waals surface area contributed by atoms with Gasteiger partial charge in [-0.05, 0) is 19.1 Å². The Morgan fingerprint density at radius 1 is 1.62 bits per heavy atom. The van der Waals surface area contributed by atoms with Crippen molar-refractivity contribution in [2.75, 3.05) is 11.9 Å². The van der Waals surface area contributed by atoms with Crippen molar-refractivity contribution in [1.82, 2.24) is 15.8 Å². The summed E-state index contributed by atoms with van der Waals surface area (Å²) in [5.41, 5.74) is 6.40. The maximum Gasteiger partial charge on any atom is 0.161 e. The lowest BCUT2D eigenvalue weighted by atomic mass is 10.2. The molecule has 3 N–H and O–H groups in total. The van der Waals surface area contributed by atoms with Gasteiger partial charge >= 0.3 is 0 Å². The highest BCUT2D eigenvalue weighted by Gasteiger charge is 2.22. The van der Waals surface area contributed by atoms with Crippen molar-refractivity contribution < 1.29 is 0 Å². The third-order valence-corrected chi connectivity index (χ3v) is 2.85. The van der Waals surface area contributed by atoms with Gasteiger partial charge in [0.25, 0.3) is 0 Å². The monoisotopic (exact) mass is 237 g/mol. The molecule has 2 atom stereocenters. The van der Waals surface area contributed by atoms with Crippen LogP contribution in [0.2, 0.25) is 5.02 Å². The normalized spacial score (nSPS) is 24.1. The van der Waals surface area contributed by atoms with Gasteiger partial charge in [0, 0.05) is 12.6 Å². The van der Waals surface area contributed by atoms with Gasteiger partial charge in [0.2, 0.25) is 0 Å². The van der Waals surface area contributed by atoms with Crippen LogP contribution < -0.4 is 16.2 Å². The number of nitrogens with zero attached hydrogens (tertiary/aromatic N) is 2. The molecule has 1 saturated heterocycles. The second-order valence-electron chi connectivity index (χ2n) is 3.70. The minimum atomic E-state index is 0.248. The Bertz CT molecular complexity index is 428. The van der Waals surface area contributed by atoms with Gasteiger partial charge in [-0.25, -0.2) is 4.98 Å². The molecule has 2 unspecified atom stereocenters. The highest BCUT2D eigenvalue weighted by atomic mass is 35.5. The molecule has 1 aliphatic heterocycles. The molecule has 1 aromatic rings. The summed E-state index contributed by atoms with van der Waals surface area (Å²) in [6.07, 6.45) is 0. The summed E-state index contributed by atoms with van der Waals surface area (Å²) >= 11 is 5.80.